The van der Waals surface area contributed by atoms with Crippen molar-refractivity contribution in [3.05, 3.63) is 94.5 Å². The van der Waals surface area contributed by atoms with Crippen molar-refractivity contribution in [3.8, 4) is 11.1 Å². The summed E-state index contributed by atoms with van der Waals surface area (Å²) >= 11 is 12.4. The zero-order valence-electron chi connectivity index (χ0n) is 17.9. The van der Waals surface area contributed by atoms with Crippen molar-refractivity contribution in [2.24, 2.45) is 0 Å². The number of amides is 1. The van der Waals surface area contributed by atoms with E-state index in [9.17, 15) is 4.79 Å². The van der Waals surface area contributed by atoms with Crippen LogP contribution in [0.25, 0.3) is 21.9 Å². The van der Waals surface area contributed by atoms with Gasteiger partial charge in [0.25, 0.3) is 5.91 Å². The molecule has 0 bridgehead atoms. The van der Waals surface area contributed by atoms with Gasteiger partial charge >= 0.3 is 0 Å². The Labute approximate surface area is 203 Å². The first-order chi connectivity index (χ1) is 16.1. The Hall–Kier alpha value is -3.05. The van der Waals surface area contributed by atoms with Gasteiger partial charge in [-0.2, -0.15) is 0 Å². The number of nitrogens with zero attached hydrogens (tertiary/aromatic N) is 1. The maximum atomic E-state index is 13.3. The third kappa shape index (κ3) is 4.55. The lowest BCUT2D eigenvalue weighted by atomic mass is 10.0. The molecule has 166 valence electrons. The summed E-state index contributed by atoms with van der Waals surface area (Å²) in [5, 5.41) is 9.59. The SMILES string of the molecule is O=C(Nc1ccc(-c2ccc(Cl)c(Cl)c2)cc1N1CCNCC1)c1cccc2ccccc12. The molecule has 4 nitrogen and oxygen atoms in total. The second-order valence-corrected chi connectivity index (χ2v) is 8.89. The number of hydrogen-bond acceptors (Lipinski definition) is 3. The van der Waals surface area contributed by atoms with E-state index in [-0.39, 0.29) is 5.91 Å². The Morgan fingerprint density at radius 1 is 0.818 bits per heavy atom. The molecule has 4 aromatic rings. The van der Waals surface area contributed by atoms with Crippen molar-refractivity contribution in [2.45, 2.75) is 0 Å². The fourth-order valence-electron chi connectivity index (χ4n) is 4.27. The average Bonchev–Trinajstić information content (AvgIpc) is 2.86. The first kappa shape index (κ1) is 21.8. The largest absolute Gasteiger partial charge is 0.367 e. The first-order valence-corrected chi connectivity index (χ1v) is 11.7. The van der Waals surface area contributed by atoms with Crippen molar-refractivity contribution >= 4 is 51.3 Å². The molecule has 1 heterocycles. The molecular formula is C27H23Cl2N3O. The Morgan fingerprint density at radius 2 is 1.55 bits per heavy atom. The third-order valence-electron chi connectivity index (χ3n) is 5.99. The number of halogens is 2. The summed E-state index contributed by atoms with van der Waals surface area (Å²) in [6, 6.07) is 25.5. The van der Waals surface area contributed by atoms with Crippen molar-refractivity contribution < 1.29 is 4.79 Å². The number of piperazine rings is 1. The van der Waals surface area contributed by atoms with Gasteiger partial charge in [-0.3, -0.25) is 4.79 Å². The van der Waals surface area contributed by atoms with Gasteiger partial charge in [0.2, 0.25) is 0 Å². The van der Waals surface area contributed by atoms with Crippen molar-refractivity contribution in [1.29, 1.82) is 0 Å². The molecule has 33 heavy (non-hydrogen) atoms. The van der Waals surface area contributed by atoms with E-state index in [1.54, 1.807) is 6.07 Å². The molecule has 0 atom stereocenters. The van der Waals surface area contributed by atoms with Gasteiger partial charge in [-0.1, -0.05) is 71.7 Å². The minimum Gasteiger partial charge on any atom is -0.367 e. The second-order valence-electron chi connectivity index (χ2n) is 8.08. The molecule has 4 aromatic carbocycles. The van der Waals surface area contributed by atoms with Crippen LogP contribution in [0.4, 0.5) is 11.4 Å². The predicted molar refractivity (Wildman–Crippen MR) is 139 cm³/mol. The quantitative estimate of drug-likeness (QED) is 0.355. The summed E-state index contributed by atoms with van der Waals surface area (Å²) < 4.78 is 0. The zero-order valence-corrected chi connectivity index (χ0v) is 19.5. The van der Waals surface area contributed by atoms with Crippen LogP contribution in [-0.4, -0.2) is 32.1 Å². The van der Waals surface area contributed by atoms with E-state index in [2.05, 4.69) is 21.6 Å². The molecule has 0 aliphatic carbocycles. The summed E-state index contributed by atoms with van der Waals surface area (Å²) in [5.41, 5.74) is 4.44. The van der Waals surface area contributed by atoms with Gasteiger partial charge in [0.05, 0.1) is 21.4 Å². The highest BCUT2D eigenvalue weighted by Crippen LogP contribution is 2.35. The topological polar surface area (TPSA) is 44.4 Å². The number of nitrogens with one attached hydrogen (secondary N) is 2. The van der Waals surface area contributed by atoms with Gasteiger partial charge in [-0.15, -0.1) is 0 Å². The van der Waals surface area contributed by atoms with Crippen LogP contribution in [0, 0.1) is 0 Å². The number of benzene rings is 4. The van der Waals surface area contributed by atoms with Crippen LogP contribution < -0.4 is 15.5 Å². The normalized spacial score (nSPS) is 13.8. The Bertz CT molecular complexity index is 1330. The van der Waals surface area contributed by atoms with Gasteiger partial charge in [-0.25, -0.2) is 0 Å². The molecule has 0 unspecified atom stereocenters. The highest BCUT2D eigenvalue weighted by molar-refractivity contribution is 6.42. The standard InChI is InChI=1S/C27H23Cl2N3O/c28-23-10-8-19(16-24(23)29)20-9-11-25(26(17-20)32-14-12-30-13-15-32)31-27(33)22-7-3-5-18-4-1-2-6-21(18)22/h1-11,16-17,30H,12-15H2,(H,31,33). The lowest BCUT2D eigenvalue weighted by molar-refractivity contribution is 0.102. The maximum absolute atomic E-state index is 13.3. The lowest BCUT2D eigenvalue weighted by Crippen LogP contribution is -2.43. The highest BCUT2D eigenvalue weighted by atomic mass is 35.5. The molecule has 0 aromatic heterocycles. The molecular weight excluding hydrogens is 453 g/mol. The average molecular weight is 476 g/mol. The second kappa shape index (κ2) is 9.44. The number of carbonyl (C=O) groups is 1. The fourth-order valence-corrected chi connectivity index (χ4v) is 4.57. The molecule has 1 fully saturated rings. The number of rotatable bonds is 4. The molecule has 1 saturated heterocycles. The van der Waals surface area contributed by atoms with Crippen LogP contribution >= 0.6 is 23.2 Å². The summed E-state index contributed by atoms with van der Waals surface area (Å²) in [7, 11) is 0. The molecule has 6 heteroatoms. The number of carbonyl (C=O) groups excluding carboxylic acids is 1. The van der Waals surface area contributed by atoms with Crippen molar-refractivity contribution in [2.75, 3.05) is 36.4 Å². The minimum absolute atomic E-state index is 0.120. The van der Waals surface area contributed by atoms with Gasteiger partial charge in [0.15, 0.2) is 0 Å². The monoisotopic (exact) mass is 475 g/mol. The number of hydrogen-bond donors (Lipinski definition) is 2. The van der Waals surface area contributed by atoms with E-state index >= 15 is 0 Å². The molecule has 0 saturated carbocycles. The molecule has 1 aliphatic rings. The molecule has 5 rings (SSSR count). The fraction of sp³-hybridized carbons (Fsp3) is 0.148. The predicted octanol–water partition coefficient (Wildman–Crippen LogP) is 6.48. The molecule has 0 radical (unpaired) electrons. The van der Waals surface area contributed by atoms with Gasteiger partial charge in [-0.05, 0) is 52.2 Å². The number of fused-ring (bicyclic) bond motifs is 1. The zero-order chi connectivity index (χ0) is 22.8. The van der Waals surface area contributed by atoms with Gasteiger partial charge in [0.1, 0.15) is 0 Å². The summed E-state index contributed by atoms with van der Waals surface area (Å²) in [6.07, 6.45) is 0. The molecule has 1 amide bonds. The van der Waals surface area contributed by atoms with Crippen molar-refractivity contribution in [1.82, 2.24) is 5.32 Å². The third-order valence-corrected chi connectivity index (χ3v) is 6.73. The highest BCUT2D eigenvalue weighted by Gasteiger charge is 2.18. The van der Waals surface area contributed by atoms with Crippen LogP contribution in [0.1, 0.15) is 10.4 Å². The van der Waals surface area contributed by atoms with Crippen LogP contribution in [0.3, 0.4) is 0 Å². The van der Waals surface area contributed by atoms with E-state index in [1.165, 1.54) is 0 Å². The van der Waals surface area contributed by atoms with E-state index in [1.807, 2.05) is 66.7 Å². The van der Waals surface area contributed by atoms with Crippen LogP contribution in [0.2, 0.25) is 10.0 Å². The van der Waals surface area contributed by atoms with Crippen LogP contribution in [0.5, 0.6) is 0 Å². The van der Waals surface area contributed by atoms with Crippen LogP contribution in [-0.2, 0) is 0 Å². The maximum Gasteiger partial charge on any atom is 0.256 e. The molecule has 2 N–H and O–H groups in total. The Kier molecular flexibility index (Phi) is 6.23. The van der Waals surface area contributed by atoms with E-state index in [0.29, 0.717) is 15.6 Å². The van der Waals surface area contributed by atoms with Crippen molar-refractivity contribution in [3.63, 3.8) is 0 Å². The minimum atomic E-state index is -0.120. The summed E-state index contributed by atoms with van der Waals surface area (Å²) in [4.78, 5) is 15.6. The Morgan fingerprint density at radius 3 is 2.36 bits per heavy atom. The van der Waals surface area contributed by atoms with Gasteiger partial charge < -0.3 is 15.5 Å². The molecule has 0 spiro atoms. The molecule has 1 aliphatic heterocycles. The van der Waals surface area contributed by atoms with E-state index < -0.39 is 0 Å². The number of anilines is 2. The lowest BCUT2D eigenvalue weighted by Gasteiger charge is -2.31. The Balaban J connectivity index is 1.53. The summed E-state index contributed by atoms with van der Waals surface area (Å²) in [5.74, 6) is -0.120. The van der Waals surface area contributed by atoms with E-state index in [4.69, 9.17) is 23.2 Å². The smallest absolute Gasteiger partial charge is 0.256 e. The van der Waals surface area contributed by atoms with E-state index in [0.717, 1.165) is 59.5 Å². The van der Waals surface area contributed by atoms with Crippen LogP contribution in [0.15, 0.2) is 78.9 Å². The summed E-state index contributed by atoms with van der Waals surface area (Å²) in [6.45, 7) is 3.52. The van der Waals surface area contributed by atoms with Gasteiger partial charge in [0, 0.05) is 31.7 Å². The first-order valence-electron chi connectivity index (χ1n) is 10.9.